The summed E-state index contributed by atoms with van der Waals surface area (Å²) in [5, 5.41) is 9.25. The molecule has 0 radical (unpaired) electrons. The van der Waals surface area contributed by atoms with Gasteiger partial charge in [0.15, 0.2) is 6.61 Å². The maximum absolute atomic E-state index is 12.6. The maximum atomic E-state index is 12.6. The van der Waals surface area contributed by atoms with Crippen molar-refractivity contribution in [3.8, 4) is 6.07 Å². The molecule has 0 unspecified atom stereocenters. The number of sulfonamides is 1. The normalized spacial score (nSPS) is 11.2. The summed E-state index contributed by atoms with van der Waals surface area (Å²) in [6.07, 6.45) is 0.0492. The van der Waals surface area contributed by atoms with Gasteiger partial charge in [-0.05, 0) is 37.3 Å². The molecule has 0 spiro atoms. The van der Waals surface area contributed by atoms with Gasteiger partial charge in [0.25, 0.3) is 0 Å². The number of hydrogen-bond acceptors (Lipinski definition) is 6. The van der Waals surface area contributed by atoms with Gasteiger partial charge in [0.2, 0.25) is 15.8 Å². The van der Waals surface area contributed by atoms with Crippen molar-refractivity contribution in [2.75, 3.05) is 13.2 Å². The SMILES string of the molecule is Cc1[nH]c2ccccc2c1C(=O)COC(=O)c1ccc(S(=O)(=O)NCCC#N)cc1. The van der Waals surface area contributed by atoms with Crippen LogP contribution < -0.4 is 4.72 Å². The molecule has 1 aromatic heterocycles. The Morgan fingerprint density at radius 2 is 1.83 bits per heavy atom. The molecule has 0 aliphatic rings. The van der Waals surface area contributed by atoms with Gasteiger partial charge in [-0.2, -0.15) is 5.26 Å². The van der Waals surface area contributed by atoms with Crippen LogP contribution in [0.3, 0.4) is 0 Å². The van der Waals surface area contributed by atoms with Crippen molar-refractivity contribution in [1.82, 2.24) is 9.71 Å². The number of aromatic nitrogens is 1. The Bertz CT molecular complexity index is 1240. The Morgan fingerprint density at radius 3 is 2.53 bits per heavy atom. The first-order chi connectivity index (χ1) is 14.3. The van der Waals surface area contributed by atoms with Gasteiger partial charge in [-0.15, -0.1) is 0 Å². The first-order valence-corrected chi connectivity index (χ1v) is 10.6. The number of benzene rings is 2. The molecule has 8 nitrogen and oxygen atoms in total. The fourth-order valence-electron chi connectivity index (χ4n) is 3.02. The average Bonchev–Trinajstić information content (AvgIpc) is 3.07. The van der Waals surface area contributed by atoms with E-state index in [-0.39, 0.29) is 29.2 Å². The predicted octanol–water partition coefficient (Wildman–Crippen LogP) is 2.71. The van der Waals surface area contributed by atoms with Gasteiger partial charge in [0.05, 0.1) is 16.5 Å². The highest BCUT2D eigenvalue weighted by molar-refractivity contribution is 7.89. The van der Waals surface area contributed by atoms with E-state index in [0.29, 0.717) is 11.3 Å². The van der Waals surface area contributed by atoms with E-state index >= 15 is 0 Å². The van der Waals surface area contributed by atoms with E-state index in [1.54, 1.807) is 6.92 Å². The number of H-pyrrole nitrogens is 1. The lowest BCUT2D eigenvalue weighted by atomic mass is 10.1. The van der Waals surface area contributed by atoms with Gasteiger partial charge >= 0.3 is 5.97 Å². The zero-order valence-electron chi connectivity index (χ0n) is 16.1. The molecule has 0 aliphatic carbocycles. The van der Waals surface area contributed by atoms with Crippen LogP contribution in [-0.4, -0.2) is 38.3 Å². The summed E-state index contributed by atoms with van der Waals surface area (Å²) in [6, 6.07) is 14.3. The van der Waals surface area contributed by atoms with Crippen LogP contribution in [0.2, 0.25) is 0 Å². The number of aryl methyl sites for hydroxylation is 1. The number of hydrogen-bond donors (Lipinski definition) is 2. The summed E-state index contributed by atoms with van der Waals surface area (Å²) in [6.45, 7) is 1.34. The monoisotopic (exact) mass is 425 g/mol. The van der Waals surface area contributed by atoms with Gasteiger partial charge in [0, 0.05) is 35.1 Å². The van der Waals surface area contributed by atoms with Gasteiger partial charge in [-0.3, -0.25) is 4.79 Å². The average molecular weight is 425 g/mol. The highest BCUT2D eigenvalue weighted by Crippen LogP contribution is 2.22. The van der Waals surface area contributed by atoms with Crippen LogP contribution >= 0.6 is 0 Å². The molecule has 9 heteroatoms. The summed E-state index contributed by atoms with van der Waals surface area (Å²) in [5.74, 6) is -1.07. The second-order valence-corrected chi connectivity index (χ2v) is 8.27. The van der Waals surface area contributed by atoms with Gasteiger partial charge in [-0.25, -0.2) is 17.9 Å². The summed E-state index contributed by atoms with van der Waals surface area (Å²) < 4.78 is 31.6. The lowest BCUT2D eigenvalue weighted by molar-refractivity contribution is 0.0475. The van der Waals surface area contributed by atoms with E-state index in [0.717, 1.165) is 10.9 Å². The number of carbonyl (C=O) groups excluding carboxylic acids is 2. The van der Waals surface area contributed by atoms with Crippen molar-refractivity contribution in [2.45, 2.75) is 18.2 Å². The van der Waals surface area contributed by atoms with Crippen molar-refractivity contribution in [2.24, 2.45) is 0 Å². The number of nitrogens with one attached hydrogen (secondary N) is 2. The Labute approximate surface area is 173 Å². The third kappa shape index (κ3) is 4.56. The standard InChI is InChI=1S/C21H19N3O5S/c1-14-20(17-5-2-3-6-18(17)24-14)19(25)13-29-21(26)15-7-9-16(10-8-15)30(27,28)23-12-4-11-22/h2-3,5-10,23-24H,4,12-13H2,1H3. The number of esters is 1. The molecule has 2 N–H and O–H groups in total. The minimum absolute atomic E-state index is 0.00199. The number of nitriles is 1. The zero-order chi connectivity index (χ0) is 21.7. The van der Waals surface area contributed by atoms with E-state index in [2.05, 4.69) is 9.71 Å². The Morgan fingerprint density at radius 1 is 1.13 bits per heavy atom. The van der Waals surface area contributed by atoms with Crippen LogP contribution in [0.4, 0.5) is 0 Å². The molecule has 1 heterocycles. The molecule has 0 aliphatic heterocycles. The smallest absolute Gasteiger partial charge is 0.338 e. The molecular weight excluding hydrogens is 406 g/mol. The molecule has 30 heavy (non-hydrogen) atoms. The highest BCUT2D eigenvalue weighted by Gasteiger charge is 2.19. The summed E-state index contributed by atoms with van der Waals surface area (Å²) in [5.41, 5.74) is 2.11. The van der Waals surface area contributed by atoms with Crippen LogP contribution in [0.15, 0.2) is 53.4 Å². The molecule has 154 valence electrons. The van der Waals surface area contributed by atoms with Crippen LogP contribution in [-0.2, 0) is 14.8 Å². The van der Waals surface area contributed by atoms with E-state index in [4.69, 9.17) is 10.00 Å². The number of aromatic amines is 1. The number of nitrogens with zero attached hydrogens (tertiary/aromatic N) is 1. The third-order valence-electron chi connectivity index (χ3n) is 4.44. The molecule has 0 bridgehead atoms. The van der Waals surface area contributed by atoms with Gasteiger partial charge in [0.1, 0.15) is 0 Å². The Balaban J connectivity index is 1.66. The number of ether oxygens (including phenoxy) is 1. The zero-order valence-corrected chi connectivity index (χ0v) is 17.0. The van der Waals surface area contributed by atoms with Crippen molar-refractivity contribution >= 4 is 32.7 Å². The lowest BCUT2D eigenvalue weighted by Gasteiger charge is -2.07. The fraction of sp³-hybridized carbons (Fsp3) is 0.190. The molecule has 0 fully saturated rings. The number of para-hydroxylation sites is 1. The molecule has 2 aromatic carbocycles. The minimum Gasteiger partial charge on any atom is -0.454 e. The first-order valence-electron chi connectivity index (χ1n) is 9.08. The van der Waals surface area contributed by atoms with Crippen LogP contribution in [0.25, 0.3) is 10.9 Å². The summed E-state index contributed by atoms with van der Waals surface area (Å²) in [7, 11) is -3.77. The summed E-state index contributed by atoms with van der Waals surface area (Å²) in [4.78, 5) is 27.9. The van der Waals surface area contributed by atoms with Crippen LogP contribution in [0.5, 0.6) is 0 Å². The van der Waals surface area contributed by atoms with Crippen molar-refractivity contribution in [3.05, 3.63) is 65.4 Å². The van der Waals surface area contributed by atoms with E-state index in [1.165, 1.54) is 24.3 Å². The molecule has 0 saturated carbocycles. The van der Waals surface area contributed by atoms with Gasteiger partial charge in [-0.1, -0.05) is 18.2 Å². The van der Waals surface area contributed by atoms with Crippen LogP contribution in [0.1, 0.15) is 32.8 Å². The molecule has 3 rings (SSSR count). The Kier molecular flexibility index (Phi) is 6.30. The fourth-order valence-corrected chi connectivity index (χ4v) is 4.05. The topological polar surface area (TPSA) is 129 Å². The number of ketones is 1. The number of Topliss-reactive ketones (excluding diaryl/α,β-unsaturated/α-hetero) is 1. The van der Waals surface area contributed by atoms with Crippen molar-refractivity contribution in [3.63, 3.8) is 0 Å². The molecule has 0 atom stereocenters. The highest BCUT2D eigenvalue weighted by atomic mass is 32.2. The Hall–Kier alpha value is -3.48. The second-order valence-electron chi connectivity index (χ2n) is 6.50. The number of rotatable bonds is 8. The van der Waals surface area contributed by atoms with E-state index in [1.807, 2.05) is 30.3 Å². The molecule has 0 amide bonds. The first kappa shape index (κ1) is 21.2. The van der Waals surface area contributed by atoms with Crippen molar-refractivity contribution in [1.29, 1.82) is 5.26 Å². The van der Waals surface area contributed by atoms with Gasteiger partial charge < -0.3 is 9.72 Å². The molecule has 0 saturated heterocycles. The largest absolute Gasteiger partial charge is 0.454 e. The molecule has 3 aromatic rings. The molecular formula is C21H19N3O5S. The summed E-state index contributed by atoms with van der Waals surface area (Å²) >= 11 is 0. The van der Waals surface area contributed by atoms with Crippen LogP contribution in [0, 0.1) is 18.3 Å². The predicted molar refractivity (Wildman–Crippen MR) is 110 cm³/mol. The van der Waals surface area contributed by atoms with Crippen molar-refractivity contribution < 1.29 is 22.7 Å². The lowest BCUT2D eigenvalue weighted by Crippen LogP contribution is -2.24. The van der Waals surface area contributed by atoms with E-state index < -0.39 is 22.6 Å². The van der Waals surface area contributed by atoms with E-state index in [9.17, 15) is 18.0 Å². The maximum Gasteiger partial charge on any atom is 0.338 e. The number of carbonyl (C=O) groups is 2. The number of fused-ring (bicyclic) bond motifs is 1. The minimum atomic E-state index is -3.77. The second kappa shape index (κ2) is 8.90. The quantitative estimate of drug-likeness (QED) is 0.324. The third-order valence-corrected chi connectivity index (χ3v) is 5.91.